The van der Waals surface area contributed by atoms with Gasteiger partial charge in [-0.1, -0.05) is 58.3 Å². The van der Waals surface area contributed by atoms with Gasteiger partial charge in [-0.15, -0.1) is 0 Å². The fourth-order valence-corrected chi connectivity index (χ4v) is 2.58. The van der Waals surface area contributed by atoms with Crippen molar-refractivity contribution in [3.05, 3.63) is 23.3 Å². The van der Waals surface area contributed by atoms with E-state index in [4.69, 9.17) is 0 Å². The minimum atomic E-state index is 0.0436. The van der Waals surface area contributed by atoms with Crippen LogP contribution in [0.1, 0.15) is 93.5 Å². The van der Waals surface area contributed by atoms with Crippen molar-refractivity contribution in [3.8, 4) is 0 Å². The van der Waals surface area contributed by atoms with Gasteiger partial charge in [-0.25, -0.2) is 9.97 Å². The third-order valence-corrected chi connectivity index (χ3v) is 3.91. The largest absolute Gasteiger partial charge is 0.294 e. The van der Waals surface area contributed by atoms with Gasteiger partial charge in [0.1, 0.15) is 5.82 Å². The van der Waals surface area contributed by atoms with E-state index in [9.17, 15) is 4.79 Å². The zero-order chi connectivity index (χ0) is 15.5. The zero-order valence-corrected chi connectivity index (χ0v) is 14.0. The molecule has 0 aromatic carbocycles. The number of carbonyl (C=O) groups excluding carboxylic acids is 1. The van der Waals surface area contributed by atoms with E-state index in [0.717, 1.165) is 24.4 Å². The average molecular weight is 290 g/mol. The normalized spacial score (nSPS) is 10.8. The smallest absolute Gasteiger partial charge is 0.163 e. The molecule has 3 nitrogen and oxygen atoms in total. The van der Waals surface area contributed by atoms with Gasteiger partial charge in [0.25, 0.3) is 0 Å². The van der Waals surface area contributed by atoms with Crippen LogP contribution in [-0.4, -0.2) is 15.8 Å². The number of aryl methyl sites for hydroxylation is 2. The molecule has 0 bridgehead atoms. The van der Waals surface area contributed by atoms with Crippen molar-refractivity contribution in [2.75, 3.05) is 0 Å². The lowest BCUT2D eigenvalue weighted by molar-refractivity contribution is 0.101. The first-order chi connectivity index (χ1) is 10.1. The summed E-state index contributed by atoms with van der Waals surface area (Å²) in [6.07, 6.45) is 14.5. The van der Waals surface area contributed by atoms with Crippen molar-refractivity contribution in [1.82, 2.24) is 9.97 Å². The molecule has 3 heteroatoms. The minimum absolute atomic E-state index is 0.0436. The lowest BCUT2D eigenvalue weighted by Gasteiger charge is -2.05. The third kappa shape index (κ3) is 7.35. The first kappa shape index (κ1) is 17.8. The average Bonchev–Trinajstić information content (AvgIpc) is 2.45. The summed E-state index contributed by atoms with van der Waals surface area (Å²) in [6.45, 7) is 5.71. The molecular weight excluding hydrogens is 260 g/mol. The van der Waals surface area contributed by atoms with Crippen molar-refractivity contribution in [1.29, 1.82) is 0 Å². The van der Waals surface area contributed by atoms with Gasteiger partial charge >= 0.3 is 0 Å². The summed E-state index contributed by atoms with van der Waals surface area (Å²) in [6, 6.07) is 0. The number of carbonyl (C=O) groups is 1. The van der Waals surface area contributed by atoms with Crippen molar-refractivity contribution in [2.45, 2.75) is 85.0 Å². The maximum Gasteiger partial charge on any atom is 0.163 e. The molecule has 1 aromatic heterocycles. The predicted molar refractivity (Wildman–Crippen MR) is 87.7 cm³/mol. The second-order valence-electron chi connectivity index (χ2n) is 5.92. The molecule has 0 saturated carbocycles. The lowest BCUT2D eigenvalue weighted by atomic mass is 10.1. The molecule has 0 saturated heterocycles. The van der Waals surface area contributed by atoms with Crippen LogP contribution < -0.4 is 0 Å². The second-order valence-corrected chi connectivity index (χ2v) is 5.92. The van der Waals surface area contributed by atoms with Crippen LogP contribution in [0.5, 0.6) is 0 Å². The van der Waals surface area contributed by atoms with Gasteiger partial charge in [-0.3, -0.25) is 4.79 Å². The Morgan fingerprint density at radius 1 is 1.00 bits per heavy atom. The summed E-state index contributed by atoms with van der Waals surface area (Å²) in [7, 11) is 0. The Bertz CT molecular complexity index is 429. The first-order valence-electron chi connectivity index (χ1n) is 8.48. The summed E-state index contributed by atoms with van der Waals surface area (Å²) in [4.78, 5) is 20.1. The monoisotopic (exact) mass is 290 g/mol. The highest BCUT2D eigenvalue weighted by molar-refractivity contribution is 5.94. The Morgan fingerprint density at radius 2 is 1.57 bits per heavy atom. The Labute approximate surface area is 129 Å². The maximum absolute atomic E-state index is 11.3. The molecule has 0 N–H and O–H groups in total. The van der Waals surface area contributed by atoms with Gasteiger partial charge in [-0.2, -0.15) is 0 Å². The van der Waals surface area contributed by atoms with Crippen LogP contribution in [0.2, 0.25) is 0 Å². The Hall–Kier alpha value is -1.25. The summed E-state index contributed by atoms with van der Waals surface area (Å²) in [5.41, 5.74) is 1.45. The summed E-state index contributed by atoms with van der Waals surface area (Å²) < 4.78 is 0. The molecule has 0 spiro atoms. The topological polar surface area (TPSA) is 42.9 Å². The maximum atomic E-state index is 11.3. The molecular formula is C18H30N2O. The standard InChI is InChI=1S/C18H30N2O/c1-4-5-6-7-8-9-10-11-12-13-18-19-14-17(16(3)21)15(2)20-18/h14H,4-13H2,1-3H3. The number of ketones is 1. The molecule has 21 heavy (non-hydrogen) atoms. The summed E-state index contributed by atoms with van der Waals surface area (Å²) in [5.74, 6) is 0.919. The molecule has 0 aliphatic carbocycles. The molecule has 1 heterocycles. The second kappa shape index (κ2) is 10.5. The van der Waals surface area contributed by atoms with Gasteiger partial charge in [0.2, 0.25) is 0 Å². The van der Waals surface area contributed by atoms with Crippen LogP contribution in [0.3, 0.4) is 0 Å². The fourth-order valence-electron chi connectivity index (χ4n) is 2.58. The van der Waals surface area contributed by atoms with Crippen LogP contribution in [0, 0.1) is 6.92 Å². The van der Waals surface area contributed by atoms with Crippen LogP contribution >= 0.6 is 0 Å². The number of hydrogen-bond acceptors (Lipinski definition) is 3. The number of Topliss-reactive ketones (excluding diaryl/α,β-unsaturated/α-hetero) is 1. The molecule has 0 aliphatic rings. The molecule has 0 fully saturated rings. The minimum Gasteiger partial charge on any atom is -0.294 e. The van der Waals surface area contributed by atoms with E-state index >= 15 is 0 Å². The van der Waals surface area contributed by atoms with Crippen LogP contribution in [-0.2, 0) is 6.42 Å². The number of unbranched alkanes of at least 4 members (excludes halogenated alkanes) is 8. The molecule has 118 valence electrons. The third-order valence-electron chi connectivity index (χ3n) is 3.91. The van der Waals surface area contributed by atoms with Gasteiger partial charge in [0.15, 0.2) is 5.78 Å². The number of hydrogen-bond donors (Lipinski definition) is 0. The van der Waals surface area contributed by atoms with Crippen molar-refractivity contribution in [3.63, 3.8) is 0 Å². The van der Waals surface area contributed by atoms with E-state index in [0.29, 0.717) is 5.56 Å². The fraction of sp³-hybridized carbons (Fsp3) is 0.722. The molecule has 0 radical (unpaired) electrons. The van der Waals surface area contributed by atoms with Gasteiger partial charge in [0.05, 0.1) is 11.3 Å². The zero-order valence-electron chi connectivity index (χ0n) is 14.0. The molecule has 1 rings (SSSR count). The molecule has 0 amide bonds. The first-order valence-corrected chi connectivity index (χ1v) is 8.48. The Balaban J connectivity index is 2.13. The predicted octanol–water partition coefficient (Wildman–Crippen LogP) is 5.06. The van der Waals surface area contributed by atoms with E-state index in [1.165, 1.54) is 51.4 Å². The number of rotatable bonds is 11. The van der Waals surface area contributed by atoms with E-state index in [2.05, 4.69) is 16.9 Å². The van der Waals surface area contributed by atoms with Gasteiger partial charge in [-0.05, 0) is 20.3 Å². The van der Waals surface area contributed by atoms with E-state index in [1.807, 2.05) is 6.92 Å². The molecule has 0 unspecified atom stereocenters. The Morgan fingerprint density at radius 3 is 2.10 bits per heavy atom. The lowest BCUT2D eigenvalue weighted by Crippen LogP contribution is -2.04. The SMILES string of the molecule is CCCCCCCCCCCc1ncc(C(C)=O)c(C)n1. The number of nitrogens with zero attached hydrogens (tertiary/aromatic N) is 2. The van der Waals surface area contributed by atoms with Crippen molar-refractivity contribution >= 4 is 5.78 Å². The molecule has 1 aromatic rings. The Kier molecular flexibility index (Phi) is 8.88. The molecule has 0 atom stereocenters. The van der Waals surface area contributed by atoms with E-state index < -0.39 is 0 Å². The van der Waals surface area contributed by atoms with Crippen molar-refractivity contribution in [2.24, 2.45) is 0 Å². The van der Waals surface area contributed by atoms with Crippen LogP contribution in [0.25, 0.3) is 0 Å². The highest BCUT2D eigenvalue weighted by Crippen LogP contribution is 2.11. The van der Waals surface area contributed by atoms with E-state index in [1.54, 1.807) is 13.1 Å². The van der Waals surface area contributed by atoms with Gasteiger partial charge in [0, 0.05) is 12.6 Å². The quantitative estimate of drug-likeness (QED) is 0.422. The van der Waals surface area contributed by atoms with Gasteiger partial charge < -0.3 is 0 Å². The molecule has 0 aliphatic heterocycles. The summed E-state index contributed by atoms with van der Waals surface area (Å²) in [5, 5.41) is 0. The van der Waals surface area contributed by atoms with Crippen molar-refractivity contribution < 1.29 is 4.79 Å². The van der Waals surface area contributed by atoms with Crippen LogP contribution in [0.15, 0.2) is 6.20 Å². The summed E-state index contributed by atoms with van der Waals surface area (Å²) >= 11 is 0. The number of aromatic nitrogens is 2. The highest BCUT2D eigenvalue weighted by atomic mass is 16.1. The highest BCUT2D eigenvalue weighted by Gasteiger charge is 2.07. The van der Waals surface area contributed by atoms with Crippen LogP contribution in [0.4, 0.5) is 0 Å². The van der Waals surface area contributed by atoms with E-state index in [-0.39, 0.29) is 5.78 Å².